The fraction of sp³-hybridized carbons (Fsp3) is 0.372. The van der Waals surface area contributed by atoms with Gasteiger partial charge in [-0.2, -0.15) is 0 Å². The Kier molecular flexibility index (Phi) is 14.8. The maximum absolute atomic E-state index is 13.4. The molecule has 0 radical (unpaired) electrons. The minimum atomic E-state index is -1.42. The van der Waals surface area contributed by atoms with Gasteiger partial charge in [0.05, 0.1) is 55.9 Å². The average molecular weight is 801 g/mol. The van der Waals surface area contributed by atoms with Crippen LogP contribution in [0.4, 0.5) is 16.2 Å². The molecule has 58 heavy (non-hydrogen) atoms. The molecule has 3 aromatic rings. The normalized spacial score (nSPS) is 17.4. The second kappa shape index (κ2) is 19.3. The Morgan fingerprint density at radius 2 is 1.52 bits per heavy atom. The lowest BCUT2D eigenvalue weighted by atomic mass is 10.1. The first kappa shape index (κ1) is 44.5. The van der Waals surface area contributed by atoms with Crippen molar-refractivity contribution in [3.8, 4) is 23.0 Å². The number of aliphatic hydroxyl groups is 1. The fourth-order valence-electron chi connectivity index (χ4n) is 7.06. The van der Waals surface area contributed by atoms with Crippen LogP contribution in [0.3, 0.4) is 0 Å². The number of anilines is 1. The second-order valence-electron chi connectivity index (χ2n) is 13.5. The van der Waals surface area contributed by atoms with Crippen molar-refractivity contribution in [3.63, 3.8) is 0 Å². The maximum atomic E-state index is 13.4. The van der Waals surface area contributed by atoms with Gasteiger partial charge in [-0.25, -0.2) is 14.5 Å². The number of carboxylic acids is 1. The molecule has 2 amide bonds. The number of aliphatic imine (C=N–C) groups is 1. The van der Waals surface area contributed by atoms with E-state index in [1.807, 2.05) is 18.7 Å². The van der Waals surface area contributed by atoms with Gasteiger partial charge in [-0.15, -0.1) is 0 Å². The zero-order chi connectivity index (χ0) is 41.6. The third kappa shape index (κ3) is 9.32. The molecule has 0 aliphatic carbocycles. The predicted molar refractivity (Wildman–Crippen MR) is 219 cm³/mol. The van der Waals surface area contributed by atoms with E-state index in [4.69, 9.17) is 23.7 Å². The summed E-state index contributed by atoms with van der Waals surface area (Å²) in [5.41, 5.74) is 3.54. The smallest absolute Gasteiger partial charge is 0.416 e. The summed E-state index contributed by atoms with van der Waals surface area (Å²) in [6.45, 7) is 12.7. The summed E-state index contributed by atoms with van der Waals surface area (Å²) >= 11 is 0. The van der Waals surface area contributed by atoms with E-state index in [0.29, 0.717) is 66.1 Å². The largest absolute Gasteiger partial charge is 0.493 e. The Morgan fingerprint density at radius 1 is 0.914 bits per heavy atom. The van der Waals surface area contributed by atoms with Gasteiger partial charge in [0.1, 0.15) is 13.2 Å². The number of methoxy groups -OCH3 is 3. The molecule has 3 heterocycles. The van der Waals surface area contributed by atoms with E-state index >= 15 is 0 Å². The number of hydrogen-bond donors (Lipinski definition) is 2. The number of carbonyl (C=O) groups is 4. The Balaban J connectivity index is 0.00000244. The quantitative estimate of drug-likeness (QED) is 0.107. The lowest BCUT2D eigenvalue weighted by molar-refractivity contribution is 0.0694. The molecular weight excluding hydrogens is 748 g/mol. The summed E-state index contributed by atoms with van der Waals surface area (Å²) in [4.78, 5) is 60.1. The average Bonchev–Trinajstić information content (AvgIpc) is 3.74. The molecule has 0 saturated carbocycles. The predicted octanol–water partition coefficient (Wildman–Crippen LogP) is 6.67. The molecule has 2 N–H and O–H groups in total. The summed E-state index contributed by atoms with van der Waals surface area (Å²) < 4.78 is 28.3. The van der Waals surface area contributed by atoms with Crippen molar-refractivity contribution < 1.29 is 53.1 Å². The summed E-state index contributed by atoms with van der Waals surface area (Å²) in [6, 6.07) is 9.85. The van der Waals surface area contributed by atoms with Crippen molar-refractivity contribution in [1.29, 1.82) is 0 Å². The SMILES string of the molecule is C.C=C1CC2C=Nc3cc(OCc4cc(COc5cc(N(C(=O)OC)[C@@H](O)[C@@H]6CC(=C)CN6C)c(C=O)cc5OC)cc(C(=O)O)c4)c(OC)cc3C(=O)N2C1.CC. The zero-order valence-corrected chi connectivity index (χ0v) is 32.9. The number of benzene rings is 3. The van der Waals surface area contributed by atoms with Gasteiger partial charge in [-0.05, 0) is 61.3 Å². The minimum Gasteiger partial charge on any atom is -0.493 e. The fourth-order valence-corrected chi connectivity index (χ4v) is 7.06. The van der Waals surface area contributed by atoms with Crippen LogP contribution in [-0.2, 0) is 18.0 Å². The van der Waals surface area contributed by atoms with Crippen LogP contribution in [0.5, 0.6) is 23.0 Å². The number of likely N-dealkylation sites (tertiary alicyclic amines) is 1. The Hall–Kier alpha value is -6.19. The van der Waals surface area contributed by atoms with Gasteiger partial charge in [0, 0.05) is 37.0 Å². The third-order valence-corrected chi connectivity index (χ3v) is 9.76. The van der Waals surface area contributed by atoms with Crippen molar-refractivity contribution in [3.05, 3.63) is 94.6 Å². The van der Waals surface area contributed by atoms with E-state index in [-0.39, 0.29) is 60.9 Å². The molecular formula is C43H52N4O11. The van der Waals surface area contributed by atoms with Gasteiger partial charge in [-0.1, -0.05) is 45.6 Å². The van der Waals surface area contributed by atoms with Gasteiger partial charge < -0.3 is 38.8 Å². The highest BCUT2D eigenvalue weighted by Crippen LogP contribution is 2.40. The number of carboxylic acid groups (broad SMARTS) is 1. The molecule has 0 spiro atoms. The van der Waals surface area contributed by atoms with Crippen LogP contribution in [0.25, 0.3) is 0 Å². The number of ether oxygens (including phenoxy) is 5. The lowest BCUT2D eigenvalue weighted by Gasteiger charge is -2.34. The number of rotatable bonds is 13. The number of aromatic carboxylic acids is 1. The number of carbonyl (C=O) groups excluding carboxylic acids is 3. The number of nitrogens with zero attached hydrogens (tertiary/aromatic N) is 4. The highest BCUT2D eigenvalue weighted by molar-refractivity contribution is 6.04. The van der Waals surface area contributed by atoms with E-state index < -0.39 is 24.3 Å². The molecule has 0 bridgehead atoms. The van der Waals surface area contributed by atoms with Crippen LogP contribution in [0.1, 0.15) is 76.3 Å². The van der Waals surface area contributed by atoms with Gasteiger partial charge >= 0.3 is 12.1 Å². The van der Waals surface area contributed by atoms with Gasteiger partial charge in [0.25, 0.3) is 5.91 Å². The van der Waals surface area contributed by atoms with E-state index in [0.717, 1.165) is 23.2 Å². The topological polar surface area (TPSA) is 177 Å². The van der Waals surface area contributed by atoms with Crippen molar-refractivity contribution >= 4 is 41.8 Å². The molecule has 2 fully saturated rings. The van der Waals surface area contributed by atoms with E-state index in [2.05, 4.69) is 18.2 Å². The monoisotopic (exact) mass is 800 g/mol. The van der Waals surface area contributed by atoms with Crippen LogP contribution < -0.4 is 23.8 Å². The zero-order valence-electron chi connectivity index (χ0n) is 32.9. The van der Waals surface area contributed by atoms with Crippen molar-refractivity contribution in [2.24, 2.45) is 4.99 Å². The number of fused-ring (bicyclic) bond motifs is 2. The molecule has 1 unspecified atom stereocenters. The number of hydrogen-bond acceptors (Lipinski definition) is 12. The van der Waals surface area contributed by atoms with Crippen LogP contribution in [0.2, 0.25) is 0 Å². The highest BCUT2D eigenvalue weighted by atomic mass is 16.5. The first-order valence-electron chi connectivity index (χ1n) is 18.3. The van der Waals surface area contributed by atoms with Crippen molar-refractivity contribution in [2.75, 3.05) is 46.4 Å². The molecule has 3 aliphatic rings. The van der Waals surface area contributed by atoms with Crippen LogP contribution >= 0.6 is 0 Å². The van der Waals surface area contributed by atoms with Gasteiger partial charge in [0.15, 0.2) is 35.5 Å². The molecule has 15 nitrogen and oxygen atoms in total. The standard InChI is InChI=1S/C40H42N4O11.C2H6.CH4/c1-22-7-28-16-41-30-14-35(34(52-5)13-29(30)37(46)43(28)18-22)54-20-24-9-25(11-26(10-24)39(48)49)21-55-36-15-31(27(19-45)12-33(36)51-4)44(40(50)53-6)38(47)32-8-23(2)17-42(32)3;1-2;/h9-16,19,28,32,38,47H,1-2,7-8,17-18,20-21H2,3-6H3,(H,48,49);1-2H3;1H4/t28?,32-,38-;;/m0../s1. The Bertz CT molecular complexity index is 2100. The molecule has 6 rings (SSSR count). The van der Waals surface area contributed by atoms with E-state index in [9.17, 15) is 29.4 Å². The summed E-state index contributed by atoms with van der Waals surface area (Å²) in [5, 5.41) is 21.4. The first-order valence-corrected chi connectivity index (χ1v) is 18.3. The molecule has 3 atom stereocenters. The maximum Gasteiger partial charge on any atom is 0.416 e. The van der Waals surface area contributed by atoms with Crippen LogP contribution in [-0.4, -0.2) is 110 Å². The van der Waals surface area contributed by atoms with Crippen molar-refractivity contribution in [1.82, 2.24) is 9.80 Å². The second-order valence-corrected chi connectivity index (χ2v) is 13.5. The minimum absolute atomic E-state index is 0. The van der Waals surface area contributed by atoms with Crippen LogP contribution in [0, 0.1) is 0 Å². The summed E-state index contributed by atoms with van der Waals surface area (Å²) in [5.74, 6) is -0.522. The number of amides is 2. The van der Waals surface area contributed by atoms with Gasteiger partial charge in [0.2, 0.25) is 0 Å². The molecule has 3 aliphatic heterocycles. The highest BCUT2D eigenvalue weighted by Gasteiger charge is 2.39. The molecule has 15 heteroatoms. The number of likely N-dealkylation sites (N-methyl/N-ethyl adjacent to an activating group) is 1. The number of aldehydes is 1. The first-order chi connectivity index (χ1) is 27.3. The molecule has 2 saturated heterocycles. The molecule has 310 valence electrons. The summed E-state index contributed by atoms with van der Waals surface area (Å²) in [7, 11) is 5.78. The number of aliphatic hydroxyl groups excluding tert-OH is 1. The Labute approximate surface area is 338 Å². The van der Waals surface area contributed by atoms with Gasteiger partial charge in [-0.3, -0.25) is 19.5 Å². The van der Waals surface area contributed by atoms with E-state index in [1.165, 1.54) is 38.5 Å². The lowest BCUT2D eigenvalue weighted by Crippen LogP contribution is -2.51. The molecule has 0 aromatic heterocycles. The summed E-state index contributed by atoms with van der Waals surface area (Å²) in [6.07, 6.45) is 0.968. The van der Waals surface area contributed by atoms with E-state index in [1.54, 1.807) is 36.4 Å². The third-order valence-electron chi connectivity index (χ3n) is 9.76. The Morgan fingerprint density at radius 3 is 2.07 bits per heavy atom. The van der Waals surface area contributed by atoms with Crippen LogP contribution in [0.15, 0.2) is 71.8 Å². The molecule has 3 aromatic carbocycles. The van der Waals surface area contributed by atoms with Crippen molar-refractivity contribution in [2.45, 2.75) is 65.6 Å².